The third-order valence-electron chi connectivity index (χ3n) is 5.35. The van der Waals surface area contributed by atoms with Crippen LogP contribution in [0.3, 0.4) is 0 Å². The lowest BCUT2D eigenvalue weighted by Gasteiger charge is -2.26. The Morgan fingerprint density at radius 1 is 0.967 bits per heavy atom. The molecule has 1 aliphatic rings. The molecule has 0 saturated heterocycles. The first-order valence-electron chi connectivity index (χ1n) is 10.0. The number of carbonyl (C=O) groups excluding carboxylic acids is 1. The van der Waals surface area contributed by atoms with E-state index in [9.17, 15) is 13.2 Å². The molecule has 1 amide bonds. The van der Waals surface area contributed by atoms with Crippen LogP contribution in [0, 0.1) is 6.92 Å². The van der Waals surface area contributed by atoms with Crippen LogP contribution < -0.4 is 10.0 Å². The van der Waals surface area contributed by atoms with E-state index in [0.29, 0.717) is 11.3 Å². The normalized spacial score (nSPS) is 15.8. The van der Waals surface area contributed by atoms with Crippen LogP contribution in [0.1, 0.15) is 45.9 Å². The molecule has 0 bridgehead atoms. The minimum atomic E-state index is -3.80. The number of hydrogen-bond acceptors (Lipinski definition) is 3. The van der Waals surface area contributed by atoms with Crippen LogP contribution in [0.2, 0.25) is 0 Å². The summed E-state index contributed by atoms with van der Waals surface area (Å²) >= 11 is 0. The number of benzene rings is 3. The molecule has 0 spiro atoms. The molecule has 1 aliphatic carbocycles. The second-order valence-corrected chi connectivity index (χ2v) is 9.30. The van der Waals surface area contributed by atoms with Gasteiger partial charge in [0.2, 0.25) is 0 Å². The summed E-state index contributed by atoms with van der Waals surface area (Å²) < 4.78 is 28.2. The van der Waals surface area contributed by atoms with Crippen LogP contribution in [-0.2, 0) is 16.4 Å². The fraction of sp³-hybridized carbons (Fsp3) is 0.208. The summed E-state index contributed by atoms with van der Waals surface area (Å²) in [5.41, 5.74) is 4.17. The Morgan fingerprint density at radius 3 is 2.60 bits per heavy atom. The molecular weight excluding hydrogens is 396 g/mol. The molecule has 1 atom stereocenters. The van der Waals surface area contributed by atoms with E-state index in [0.717, 1.165) is 30.4 Å². The number of nitrogens with one attached hydrogen (secondary N) is 2. The van der Waals surface area contributed by atoms with Crippen molar-refractivity contribution >= 4 is 21.6 Å². The smallest absolute Gasteiger partial charge is 0.261 e. The predicted octanol–water partition coefficient (Wildman–Crippen LogP) is 4.60. The highest BCUT2D eigenvalue weighted by molar-refractivity contribution is 7.92. The van der Waals surface area contributed by atoms with Crippen LogP contribution in [0.5, 0.6) is 0 Å². The summed E-state index contributed by atoms with van der Waals surface area (Å²) in [5.74, 6) is -0.274. The summed E-state index contributed by atoms with van der Waals surface area (Å²) in [6.45, 7) is 1.90. The van der Waals surface area contributed by atoms with Gasteiger partial charge in [0.05, 0.1) is 10.9 Å². The van der Waals surface area contributed by atoms with Gasteiger partial charge in [-0.05, 0) is 73.2 Å². The van der Waals surface area contributed by atoms with Crippen molar-refractivity contribution in [3.05, 3.63) is 95.1 Å². The molecule has 154 valence electrons. The number of sulfonamides is 1. The zero-order valence-electron chi connectivity index (χ0n) is 16.8. The van der Waals surface area contributed by atoms with Crippen LogP contribution in [0.15, 0.2) is 77.7 Å². The van der Waals surface area contributed by atoms with E-state index in [1.165, 1.54) is 17.7 Å². The maximum Gasteiger partial charge on any atom is 0.261 e. The van der Waals surface area contributed by atoms with Crippen molar-refractivity contribution in [2.45, 2.75) is 37.1 Å². The molecule has 0 saturated carbocycles. The Labute approximate surface area is 177 Å². The number of aryl methyl sites for hydroxylation is 2. The Bertz CT molecular complexity index is 1190. The highest BCUT2D eigenvalue weighted by Gasteiger charge is 2.23. The molecular formula is C24H24N2O3S. The zero-order chi connectivity index (χ0) is 21.1. The fourth-order valence-corrected chi connectivity index (χ4v) is 4.97. The summed E-state index contributed by atoms with van der Waals surface area (Å²) in [4.78, 5) is 12.9. The molecule has 3 aromatic carbocycles. The summed E-state index contributed by atoms with van der Waals surface area (Å²) in [5, 5.41) is 3.07. The lowest BCUT2D eigenvalue weighted by atomic mass is 9.87. The Kier molecular flexibility index (Phi) is 5.59. The molecule has 2 N–H and O–H groups in total. The van der Waals surface area contributed by atoms with Gasteiger partial charge < -0.3 is 5.32 Å². The maximum absolute atomic E-state index is 12.9. The summed E-state index contributed by atoms with van der Waals surface area (Å²) in [7, 11) is -3.80. The third kappa shape index (κ3) is 4.39. The minimum absolute atomic E-state index is 0.0562. The molecule has 0 radical (unpaired) electrons. The molecule has 0 fully saturated rings. The Balaban J connectivity index is 1.54. The molecule has 6 heteroatoms. The van der Waals surface area contributed by atoms with E-state index in [1.807, 2.05) is 31.2 Å². The van der Waals surface area contributed by atoms with Crippen molar-refractivity contribution in [1.82, 2.24) is 5.32 Å². The molecule has 0 heterocycles. The average Bonchev–Trinajstić information content (AvgIpc) is 2.74. The first-order valence-corrected chi connectivity index (χ1v) is 11.5. The van der Waals surface area contributed by atoms with Crippen LogP contribution in [-0.4, -0.2) is 14.3 Å². The SMILES string of the molecule is Cc1cccc(NS(=O)(=O)c2cccc(C(=O)N[C@H]3CCCc4ccccc43)c2)c1. The van der Waals surface area contributed by atoms with E-state index in [1.54, 1.807) is 30.3 Å². The molecule has 5 nitrogen and oxygen atoms in total. The van der Waals surface area contributed by atoms with Crippen molar-refractivity contribution in [3.8, 4) is 0 Å². The quantitative estimate of drug-likeness (QED) is 0.633. The highest BCUT2D eigenvalue weighted by atomic mass is 32.2. The Morgan fingerprint density at radius 2 is 1.77 bits per heavy atom. The summed E-state index contributed by atoms with van der Waals surface area (Å²) in [6, 6.07) is 21.3. The largest absolute Gasteiger partial charge is 0.345 e. The second-order valence-electron chi connectivity index (χ2n) is 7.62. The standard InChI is InChI=1S/C24H24N2O3S/c1-17-7-4-11-20(15-17)26-30(28,29)21-12-5-10-19(16-21)24(27)25-23-14-6-9-18-8-2-3-13-22(18)23/h2-5,7-8,10-13,15-16,23,26H,6,9,14H2,1H3,(H,25,27)/t23-/m0/s1. The molecule has 0 aliphatic heterocycles. The first-order chi connectivity index (χ1) is 14.4. The van der Waals surface area contributed by atoms with Gasteiger partial charge in [-0.15, -0.1) is 0 Å². The van der Waals surface area contributed by atoms with Gasteiger partial charge in [0, 0.05) is 11.3 Å². The third-order valence-corrected chi connectivity index (χ3v) is 6.73. The van der Waals surface area contributed by atoms with E-state index < -0.39 is 10.0 Å². The number of carbonyl (C=O) groups is 1. The van der Waals surface area contributed by atoms with Crippen molar-refractivity contribution in [1.29, 1.82) is 0 Å². The van der Waals surface area contributed by atoms with Gasteiger partial charge in [-0.1, -0.05) is 42.5 Å². The molecule has 0 aromatic heterocycles. The highest BCUT2D eigenvalue weighted by Crippen LogP contribution is 2.29. The molecule has 4 rings (SSSR count). The maximum atomic E-state index is 12.9. The van der Waals surface area contributed by atoms with E-state index in [-0.39, 0.29) is 16.8 Å². The first kappa shape index (κ1) is 20.2. The second kappa shape index (κ2) is 8.32. The zero-order valence-corrected chi connectivity index (χ0v) is 17.6. The van der Waals surface area contributed by atoms with Crippen molar-refractivity contribution in [2.24, 2.45) is 0 Å². The van der Waals surface area contributed by atoms with Crippen LogP contribution >= 0.6 is 0 Å². The molecule has 3 aromatic rings. The van der Waals surface area contributed by atoms with Gasteiger partial charge in [-0.3, -0.25) is 9.52 Å². The van der Waals surface area contributed by atoms with Gasteiger partial charge >= 0.3 is 0 Å². The molecule has 30 heavy (non-hydrogen) atoms. The van der Waals surface area contributed by atoms with E-state index in [2.05, 4.69) is 16.1 Å². The van der Waals surface area contributed by atoms with Gasteiger partial charge in [-0.25, -0.2) is 8.42 Å². The number of anilines is 1. The van der Waals surface area contributed by atoms with Gasteiger partial charge in [0.15, 0.2) is 0 Å². The lowest BCUT2D eigenvalue weighted by molar-refractivity contribution is 0.0932. The van der Waals surface area contributed by atoms with Crippen molar-refractivity contribution < 1.29 is 13.2 Å². The van der Waals surface area contributed by atoms with E-state index >= 15 is 0 Å². The van der Waals surface area contributed by atoms with Gasteiger partial charge in [-0.2, -0.15) is 0 Å². The number of rotatable bonds is 5. The molecule has 0 unspecified atom stereocenters. The van der Waals surface area contributed by atoms with Gasteiger partial charge in [0.25, 0.3) is 15.9 Å². The van der Waals surface area contributed by atoms with Crippen LogP contribution in [0.4, 0.5) is 5.69 Å². The predicted molar refractivity (Wildman–Crippen MR) is 118 cm³/mol. The summed E-state index contributed by atoms with van der Waals surface area (Å²) in [6.07, 6.45) is 2.90. The number of hydrogen-bond donors (Lipinski definition) is 2. The number of amides is 1. The van der Waals surface area contributed by atoms with Gasteiger partial charge in [0.1, 0.15) is 0 Å². The Hall–Kier alpha value is -3.12. The number of fused-ring (bicyclic) bond motifs is 1. The average molecular weight is 421 g/mol. The topological polar surface area (TPSA) is 75.3 Å². The van der Waals surface area contributed by atoms with Crippen LogP contribution in [0.25, 0.3) is 0 Å². The minimum Gasteiger partial charge on any atom is -0.345 e. The van der Waals surface area contributed by atoms with Crippen molar-refractivity contribution in [2.75, 3.05) is 4.72 Å². The van der Waals surface area contributed by atoms with E-state index in [4.69, 9.17) is 0 Å². The van der Waals surface area contributed by atoms with Crippen molar-refractivity contribution in [3.63, 3.8) is 0 Å². The fourth-order valence-electron chi connectivity index (χ4n) is 3.87. The monoisotopic (exact) mass is 420 g/mol. The lowest BCUT2D eigenvalue weighted by Crippen LogP contribution is -2.31.